The first-order valence-electron chi connectivity index (χ1n) is 8.99. The van der Waals surface area contributed by atoms with Gasteiger partial charge in [-0.2, -0.15) is 13.2 Å². The maximum atomic E-state index is 14.8. The lowest BCUT2D eigenvalue weighted by molar-refractivity contribution is -0.208. The molecule has 1 unspecified atom stereocenters. The Morgan fingerprint density at radius 1 is 1.06 bits per heavy atom. The van der Waals surface area contributed by atoms with Crippen molar-refractivity contribution in [1.82, 2.24) is 4.98 Å². The van der Waals surface area contributed by atoms with E-state index in [1.165, 1.54) is 18.2 Å². The number of hydrogen-bond donors (Lipinski definition) is 2. The smallest absolute Gasteiger partial charge is 0.436 e. The normalized spacial score (nSPS) is 12.9. The number of benzene rings is 2. The molecular formula is C21H16F5NO4. The molecule has 0 spiro atoms. The lowest BCUT2D eigenvalue weighted by Crippen LogP contribution is -2.41. The first-order chi connectivity index (χ1) is 14.4. The van der Waals surface area contributed by atoms with Gasteiger partial charge in [0.15, 0.2) is 11.6 Å². The standard InChI is InChI=1S/C21H16F5NO4/c1-9(2)17-14(10-3-5-11(22)6-4-10)12-7-8-13(28)16(23)15(12)19(27-17)31-18(20(29)30)21(24,25)26/h3-9,18,28H,1-2H3,(H,29,30). The summed E-state index contributed by atoms with van der Waals surface area (Å²) in [5.41, 5.74) is 0.852. The van der Waals surface area contributed by atoms with Crippen molar-refractivity contribution < 1.29 is 41.7 Å². The summed E-state index contributed by atoms with van der Waals surface area (Å²) in [7, 11) is 0. The maximum absolute atomic E-state index is 14.8. The predicted octanol–water partition coefficient (Wildman–Crippen LogP) is 5.40. The van der Waals surface area contributed by atoms with Gasteiger partial charge in [-0.3, -0.25) is 0 Å². The summed E-state index contributed by atoms with van der Waals surface area (Å²) < 4.78 is 72.4. The quantitative estimate of drug-likeness (QED) is 0.518. The molecule has 1 aromatic heterocycles. The summed E-state index contributed by atoms with van der Waals surface area (Å²) in [5, 5.41) is 18.1. The van der Waals surface area contributed by atoms with E-state index in [1.54, 1.807) is 13.8 Å². The van der Waals surface area contributed by atoms with Crippen molar-refractivity contribution in [3.8, 4) is 22.8 Å². The highest BCUT2D eigenvalue weighted by Gasteiger charge is 2.48. The van der Waals surface area contributed by atoms with Gasteiger partial charge in [-0.1, -0.05) is 26.0 Å². The van der Waals surface area contributed by atoms with E-state index in [0.29, 0.717) is 5.56 Å². The van der Waals surface area contributed by atoms with Crippen LogP contribution in [0, 0.1) is 11.6 Å². The number of carbonyl (C=O) groups is 1. The fraction of sp³-hybridized carbons (Fsp3) is 0.238. The molecule has 31 heavy (non-hydrogen) atoms. The summed E-state index contributed by atoms with van der Waals surface area (Å²) >= 11 is 0. The number of pyridine rings is 1. The minimum absolute atomic E-state index is 0.0157. The van der Waals surface area contributed by atoms with Gasteiger partial charge in [0.05, 0.1) is 11.1 Å². The fourth-order valence-corrected chi connectivity index (χ4v) is 3.13. The summed E-state index contributed by atoms with van der Waals surface area (Å²) in [6.07, 6.45) is -8.61. The van der Waals surface area contributed by atoms with Crippen LogP contribution in [0.1, 0.15) is 25.5 Å². The van der Waals surface area contributed by atoms with Gasteiger partial charge in [-0.25, -0.2) is 18.6 Å². The highest BCUT2D eigenvalue weighted by Crippen LogP contribution is 2.42. The average molecular weight is 441 g/mol. The number of hydrogen-bond acceptors (Lipinski definition) is 4. The molecule has 10 heteroatoms. The van der Waals surface area contributed by atoms with Crippen molar-refractivity contribution in [2.45, 2.75) is 32.0 Å². The Hall–Kier alpha value is -3.43. The number of nitrogens with zero attached hydrogens (tertiary/aromatic N) is 1. The van der Waals surface area contributed by atoms with Crippen molar-refractivity contribution in [2.24, 2.45) is 0 Å². The van der Waals surface area contributed by atoms with Crippen molar-refractivity contribution in [1.29, 1.82) is 0 Å². The number of ether oxygens (including phenoxy) is 1. The van der Waals surface area contributed by atoms with Gasteiger partial charge in [-0.15, -0.1) is 0 Å². The van der Waals surface area contributed by atoms with Crippen LogP contribution in [0.15, 0.2) is 36.4 Å². The predicted molar refractivity (Wildman–Crippen MR) is 101 cm³/mol. The van der Waals surface area contributed by atoms with E-state index in [9.17, 15) is 31.9 Å². The number of fused-ring (bicyclic) bond motifs is 1. The molecule has 2 aromatic carbocycles. The van der Waals surface area contributed by atoms with Crippen LogP contribution in [0.3, 0.4) is 0 Å². The van der Waals surface area contributed by atoms with Gasteiger partial charge in [-0.05, 0) is 41.1 Å². The number of aliphatic carboxylic acids is 1. The van der Waals surface area contributed by atoms with Crippen molar-refractivity contribution in [3.63, 3.8) is 0 Å². The third-order valence-electron chi connectivity index (χ3n) is 4.51. The number of halogens is 5. The van der Waals surface area contributed by atoms with Gasteiger partial charge in [0, 0.05) is 5.56 Å². The molecule has 0 bridgehead atoms. The molecule has 0 aliphatic heterocycles. The number of aromatic hydroxyl groups is 1. The highest BCUT2D eigenvalue weighted by atomic mass is 19.4. The highest BCUT2D eigenvalue weighted by molar-refractivity contribution is 6.01. The molecule has 164 valence electrons. The van der Waals surface area contributed by atoms with Gasteiger partial charge in [0.1, 0.15) is 5.82 Å². The second kappa shape index (κ2) is 8.01. The number of alkyl halides is 3. The maximum Gasteiger partial charge on any atom is 0.436 e. The summed E-state index contributed by atoms with van der Waals surface area (Å²) in [5.74, 6) is -6.44. The van der Waals surface area contributed by atoms with E-state index in [2.05, 4.69) is 9.72 Å². The number of carboxylic acid groups (broad SMARTS) is 1. The second-order valence-electron chi connectivity index (χ2n) is 7.04. The molecule has 2 N–H and O–H groups in total. The third kappa shape index (κ3) is 4.23. The largest absolute Gasteiger partial charge is 0.505 e. The topological polar surface area (TPSA) is 79.7 Å². The summed E-state index contributed by atoms with van der Waals surface area (Å²) in [6.45, 7) is 3.33. The average Bonchev–Trinajstić information content (AvgIpc) is 2.67. The molecule has 3 aromatic rings. The van der Waals surface area contributed by atoms with Crippen LogP contribution >= 0.6 is 0 Å². The first kappa shape index (κ1) is 22.3. The van der Waals surface area contributed by atoms with E-state index >= 15 is 0 Å². The van der Waals surface area contributed by atoms with Crippen LogP contribution in [-0.4, -0.2) is 33.4 Å². The Bertz CT molecular complexity index is 1140. The molecule has 0 radical (unpaired) electrons. The molecule has 5 nitrogen and oxygen atoms in total. The molecule has 0 amide bonds. The van der Waals surface area contributed by atoms with Gasteiger partial charge in [0.25, 0.3) is 6.10 Å². The van der Waals surface area contributed by atoms with Crippen LogP contribution in [0.25, 0.3) is 21.9 Å². The molecule has 0 saturated heterocycles. The monoisotopic (exact) mass is 441 g/mol. The van der Waals surface area contributed by atoms with Crippen molar-refractivity contribution in [3.05, 3.63) is 53.7 Å². The fourth-order valence-electron chi connectivity index (χ4n) is 3.13. The number of phenols is 1. The van der Waals surface area contributed by atoms with Crippen LogP contribution in [0.2, 0.25) is 0 Å². The van der Waals surface area contributed by atoms with Crippen LogP contribution in [0.4, 0.5) is 22.0 Å². The lowest BCUT2D eigenvalue weighted by atomic mass is 9.92. The van der Waals surface area contributed by atoms with Crippen molar-refractivity contribution >= 4 is 16.7 Å². The number of phenolic OH excluding ortho intramolecular Hbond substituents is 1. The Labute approximate surface area is 172 Å². The first-order valence-corrected chi connectivity index (χ1v) is 8.99. The Morgan fingerprint density at radius 3 is 2.19 bits per heavy atom. The minimum atomic E-state index is -5.30. The molecule has 1 atom stereocenters. The molecule has 3 rings (SSSR count). The molecule has 0 aliphatic rings. The molecule has 1 heterocycles. The van der Waals surface area contributed by atoms with Crippen LogP contribution < -0.4 is 4.74 Å². The third-order valence-corrected chi connectivity index (χ3v) is 4.51. The summed E-state index contributed by atoms with van der Waals surface area (Å²) in [4.78, 5) is 15.1. The van der Waals surface area contributed by atoms with Crippen LogP contribution in [-0.2, 0) is 4.79 Å². The van der Waals surface area contributed by atoms with Gasteiger partial charge >= 0.3 is 12.1 Å². The van der Waals surface area contributed by atoms with E-state index in [0.717, 1.165) is 18.2 Å². The number of rotatable bonds is 5. The minimum Gasteiger partial charge on any atom is -0.505 e. The summed E-state index contributed by atoms with van der Waals surface area (Å²) in [6, 6.07) is 7.32. The number of aromatic nitrogens is 1. The van der Waals surface area contributed by atoms with Gasteiger partial charge in [0.2, 0.25) is 5.88 Å². The molecule has 0 aliphatic carbocycles. The zero-order valence-electron chi connectivity index (χ0n) is 16.2. The lowest BCUT2D eigenvalue weighted by Gasteiger charge is -2.22. The molecule has 0 fully saturated rings. The van der Waals surface area contributed by atoms with E-state index in [-0.39, 0.29) is 16.6 Å². The van der Waals surface area contributed by atoms with E-state index in [4.69, 9.17) is 5.11 Å². The van der Waals surface area contributed by atoms with E-state index < -0.39 is 52.8 Å². The SMILES string of the molecule is CC(C)c1nc(OC(C(=O)O)C(F)(F)F)c2c(F)c(O)ccc2c1-c1ccc(F)cc1. The van der Waals surface area contributed by atoms with Gasteiger partial charge < -0.3 is 14.9 Å². The molecular weight excluding hydrogens is 425 g/mol. The zero-order valence-corrected chi connectivity index (χ0v) is 16.2. The van der Waals surface area contributed by atoms with Crippen LogP contribution in [0.5, 0.6) is 11.6 Å². The Morgan fingerprint density at radius 2 is 1.68 bits per heavy atom. The van der Waals surface area contributed by atoms with E-state index in [1.807, 2.05) is 0 Å². The Kier molecular flexibility index (Phi) is 5.75. The zero-order chi connectivity index (χ0) is 23.1. The second-order valence-corrected chi connectivity index (χ2v) is 7.04. The van der Waals surface area contributed by atoms with Crippen molar-refractivity contribution in [2.75, 3.05) is 0 Å². The molecule has 0 saturated carbocycles. The Balaban J connectivity index is 2.39. The number of carboxylic acids is 1.